The van der Waals surface area contributed by atoms with E-state index in [0.29, 0.717) is 17.1 Å². The summed E-state index contributed by atoms with van der Waals surface area (Å²) in [4.78, 5) is 17.9. The number of aromatic amines is 1. The largest absolute Gasteiger partial charge is 0.369 e. The Morgan fingerprint density at radius 1 is 1.35 bits per heavy atom. The van der Waals surface area contributed by atoms with E-state index in [9.17, 15) is 9.18 Å². The molecule has 17 heavy (non-hydrogen) atoms. The monoisotopic (exact) mass is 231 g/mol. The van der Waals surface area contributed by atoms with Crippen LogP contribution in [0.3, 0.4) is 0 Å². The Bertz CT molecular complexity index is 636. The number of nitrogens with one attached hydrogen (secondary N) is 2. The van der Waals surface area contributed by atoms with Crippen LogP contribution >= 0.6 is 0 Å². The smallest absolute Gasteiger partial charge is 0.347 e. The number of hydrogen-bond acceptors (Lipinski definition) is 3. The van der Waals surface area contributed by atoms with E-state index in [1.165, 1.54) is 12.1 Å². The van der Waals surface area contributed by atoms with Crippen LogP contribution in [0.4, 0.5) is 10.2 Å². The first-order valence-electron chi connectivity index (χ1n) is 5.37. The van der Waals surface area contributed by atoms with Crippen molar-refractivity contribution in [2.24, 2.45) is 0 Å². The third kappa shape index (κ3) is 1.69. The topological polar surface area (TPSA) is 57.8 Å². The van der Waals surface area contributed by atoms with E-state index in [1.807, 2.05) is 0 Å². The fourth-order valence-electron chi connectivity index (χ4n) is 2.08. The maximum atomic E-state index is 13.2. The van der Waals surface area contributed by atoms with Gasteiger partial charge in [-0.15, -0.1) is 0 Å². The normalized spacial score (nSPS) is 13.2. The Balaban J connectivity index is 2.24. The van der Waals surface area contributed by atoms with Crippen molar-refractivity contribution in [2.75, 3.05) is 11.9 Å². The van der Waals surface area contributed by atoms with Gasteiger partial charge in [-0.3, -0.25) is 0 Å². The number of benzene rings is 1. The number of fused-ring (bicyclic) bond motifs is 1. The predicted octanol–water partition coefficient (Wildman–Crippen LogP) is 1.54. The minimum absolute atomic E-state index is 0.320. The van der Waals surface area contributed by atoms with E-state index in [-0.39, 0.29) is 5.82 Å². The molecule has 0 radical (unpaired) electrons. The molecule has 0 saturated heterocycles. The zero-order valence-corrected chi connectivity index (χ0v) is 8.96. The Morgan fingerprint density at radius 2 is 2.24 bits per heavy atom. The van der Waals surface area contributed by atoms with Crippen LogP contribution in [0.25, 0.3) is 11.3 Å². The molecule has 1 aromatic heterocycles. The molecule has 1 aromatic carbocycles. The Hall–Kier alpha value is -2.17. The van der Waals surface area contributed by atoms with E-state index in [1.54, 1.807) is 12.1 Å². The van der Waals surface area contributed by atoms with E-state index >= 15 is 0 Å². The molecular weight excluding hydrogens is 221 g/mol. The van der Waals surface area contributed by atoms with Crippen molar-refractivity contribution >= 4 is 5.82 Å². The summed E-state index contributed by atoms with van der Waals surface area (Å²) >= 11 is 0. The van der Waals surface area contributed by atoms with Crippen LogP contribution in [0, 0.1) is 5.82 Å². The lowest BCUT2D eigenvalue weighted by Gasteiger charge is -2.06. The molecule has 4 nitrogen and oxygen atoms in total. The van der Waals surface area contributed by atoms with Crippen molar-refractivity contribution in [3.63, 3.8) is 0 Å². The molecule has 5 heteroatoms. The van der Waals surface area contributed by atoms with E-state index in [0.717, 1.165) is 18.5 Å². The lowest BCUT2D eigenvalue weighted by Crippen LogP contribution is -2.13. The van der Waals surface area contributed by atoms with E-state index < -0.39 is 5.69 Å². The summed E-state index contributed by atoms with van der Waals surface area (Å²) < 4.78 is 13.2. The van der Waals surface area contributed by atoms with Crippen LogP contribution in [0.15, 0.2) is 29.1 Å². The van der Waals surface area contributed by atoms with Crippen LogP contribution in [-0.4, -0.2) is 16.5 Å². The first kappa shape index (κ1) is 10.0. The highest BCUT2D eigenvalue weighted by atomic mass is 19.1. The van der Waals surface area contributed by atoms with Gasteiger partial charge in [0.15, 0.2) is 0 Å². The second-order valence-electron chi connectivity index (χ2n) is 3.93. The number of H-pyrrole nitrogens is 1. The molecule has 0 aliphatic carbocycles. The van der Waals surface area contributed by atoms with Gasteiger partial charge in [0.05, 0.1) is 5.69 Å². The SMILES string of the molecule is O=c1nc2c(c(-c3cccc(F)c3)[nH]1)CCN2. The van der Waals surface area contributed by atoms with Crippen molar-refractivity contribution in [2.45, 2.75) is 6.42 Å². The van der Waals surface area contributed by atoms with Gasteiger partial charge in [-0.25, -0.2) is 9.18 Å². The number of aromatic nitrogens is 2. The summed E-state index contributed by atoms with van der Waals surface area (Å²) in [5, 5.41) is 3.04. The van der Waals surface area contributed by atoms with Crippen LogP contribution in [0.5, 0.6) is 0 Å². The molecule has 1 aliphatic heterocycles. The first-order valence-corrected chi connectivity index (χ1v) is 5.37. The third-order valence-corrected chi connectivity index (χ3v) is 2.81. The molecule has 1 aliphatic rings. The summed E-state index contributed by atoms with van der Waals surface area (Å²) in [6, 6.07) is 6.18. The van der Waals surface area contributed by atoms with Crippen LogP contribution in [0.1, 0.15) is 5.56 Å². The Kier molecular flexibility index (Phi) is 2.18. The lowest BCUT2D eigenvalue weighted by atomic mass is 10.1. The highest BCUT2D eigenvalue weighted by Gasteiger charge is 2.18. The molecule has 2 heterocycles. The van der Waals surface area contributed by atoms with Crippen molar-refractivity contribution in [3.8, 4) is 11.3 Å². The van der Waals surface area contributed by atoms with Crippen LogP contribution in [0.2, 0.25) is 0 Å². The molecule has 0 fully saturated rings. The molecule has 2 aromatic rings. The minimum atomic E-state index is -0.419. The van der Waals surface area contributed by atoms with Gasteiger partial charge >= 0.3 is 5.69 Å². The second kappa shape index (κ2) is 3.69. The highest BCUT2D eigenvalue weighted by molar-refractivity contribution is 5.69. The summed E-state index contributed by atoms with van der Waals surface area (Å²) in [7, 11) is 0. The zero-order valence-electron chi connectivity index (χ0n) is 8.96. The molecule has 0 atom stereocenters. The highest BCUT2D eigenvalue weighted by Crippen LogP contribution is 2.28. The fourth-order valence-corrected chi connectivity index (χ4v) is 2.08. The maximum Gasteiger partial charge on any atom is 0.347 e. The number of rotatable bonds is 1. The third-order valence-electron chi connectivity index (χ3n) is 2.81. The molecule has 86 valence electrons. The molecule has 0 saturated carbocycles. The Labute approximate surface area is 96.5 Å². The van der Waals surface area contributed by atoms with E-state index in [4.69, 9.17) is 0 Å². The van der Waals surface area contributed by atoms with Gasteiger partial charge in [0, 0.05) is 17.7 Å². The number of anilines is 1. The van der Waals surface area contributed by atoms with Gasteiger partial charge < -0.3 is 10.3 Å². The average Bonchev–Trinajstić information content (AvgIpc) is 2.75. The standard InChI is InChI=1S/C12H10FN3O/c13-8-3-1-2-7(6-8)10-9-4-5-14-11(9)16-12(17)15-10/h1-3,6H,4-5H2,(H2,14,15,16,17). The molecule has 0 bridgehead atoms. The van der Waals surface area contributed by atoms with Gasteiger partial charge in [0.25, 0.3) is 0 Å². The quantitative estimate of drug-likeness (QED) is 0.782. The van der Waals surface area contributed by atoms with Crippen molar-refractivity contribution in [1.82, 2.24) is 9.97 Å². The first-order chi connectivity index (χ1) is 8.24. The van der Waals surface area contributed by atoms with Gasteiger partial charge in [-0.2, -0.15) is 4.98 Å². The van der Waals surface area contributed by atoms with Crippen LogP contribution in [-0.2, 0) is 6.42 Å². The zero-order chi connectivity index (χ0) is 11.8. The average molecular weight is 231 g/mol. The van der Waals surface area contributed by atoms with Gasteiger partial charge in [-0.05, 0) is 18.6 Å². The molecule has 0 unspecified atom stereocenters. The van der Waals surface area contributed by atoms with Crippen molar-refractivity contribution in [1.29, 1.82) is 0 Å². The van der Waals surface area contributed by atoms with Gasteiger partial charge in [0.2, 0.25) is 0 Å². The maximum absolute atomic E-state index is 13.2. The molecule has 2 N–H and O–H groups in total. The molecular formula is C12H10FN3O. The minimum Gasteiger partial charge on any atom is -0.369 e. The summed E-state index contributed by atoms with van der Waals surface area (Å²) in [6.07, 6.45) is 0.783. The van der Waals surface area contributed by atoms with Gasteiger partial charge in [-0.1, -0.05) is 12.1 Å². The molecule has 0 spiro atoms. The number of nitrogens with zero attached hydrogens (tertiary/aromatic N) is 1. The molecule has 3 rings (SSSR count). The number of hydrogen-bond donors (Lipinski definition) is 2. The summed E-state index contributed by atoms with van der Waals surface area (Å²) in [5.41, 5.74) is 1.85. The second-order valence-corrected chi connectivity index (χ2v) is 3.93. The lowest BCUT2D eigenvalue weighted by molar-refractivity contribution is 0.628. The predicted molar refractivity (Wildman–Crippen MR) is 62.4 cm³/mol. The van der Waals surface area contributed by atoms with Crippen LogP contribution < -0.4 is 11.0 Å². The number of halogens is 1. The Morgan fingerprint density at radius 3 is 3.06 bits per heavy atom. The molecule has 0 amide bonds. The van der Waals surface area contributed by atoms with E-state index in [2.05, 4.69) is 15.3 Å². The van der Waals surface area contributed by atoms with Crippen molar-refractivity contribution in [3.05, 3.63) is 46.1 Å². The summed E-state index contributed by atoms with van der Waals surface area (Å²) in [6.45, 7) is 0.752. The summed E-state index contributed by atoms with van der Waals surface area (Å²) in [5.74, 6) is 0.285. The van der Waals surface area contributed by atoms with Gasteiger partial charge in [0.1, 0.15) is 11.6 Å². The fraction of sp³-hybridized carbons (Fsp3) is 0.167. The van der Waals surface area contributed by atoms with Crippen molar-refractivity contribution < 1.29 is 4.39 Å².